The Morgan fingerprint density at radius 3 is 2.58 bits per heavy atom. The Morgan fingerprint density at radius 2 is 1.86 bits per heavy atom. The van der Waals surface area contributed by atoms with Crippen molar-refractivity contribution in [2.45, 2.75) is 5.16 Å². The normalized spacial score (nSPS) is 10.9. The molecule has 9 heteroatoms. The van der Waals surface area contributed by atoms with Gasteiger partial charge in [0.15, 0.2) is 5.16 Å². The van der Waals surface area contributed by atoms with Crippen LogP contribution in [-0.2, 0) is 4.79 Å². The summed E-state index contributed by atoms with van der Waals surface area (Å²) in [6, 6.07) is 23.8. The van der Waals surface area contributed by atoms with E-state index in [4.69, 9.17) is 21.3 Å². The van der Waals surface area contributed by atoms with Crippen LogP contribution in [0.25, 0.3) is 27.8 Å². The largest absolute Gasteiger partial charge is 0.497 e. The fraction of sp³-hybridized carbons (Fsp3) is 0.0741. The van der Waals surface area contributed by atoms with E-state index in [0.29, 0.717) is 38.3 Å². The average molecular weight is 517 g/mol. The number of carbonyl (C=O) groups excluding carboxylic acids is 1. The number of benzene rings is 3. The highest BCUT2D eigenvalue weighted by Crippen LogP contribution is 2.29. The SMILES string of the molecule is COc1ccc(-n2c(SCC(=O)Nc3cccc(Cl)c3)nc3c(-c4ccccc4)c[nH]c3c2=O)cc1. The average Bonchev–Trinajstić information content (AvgIpc) is 3.32. The standard InChI is InChI=1S/C27H21ClN4O3S/c1-35-21-12-10-20(11-13-21)32-26(34)25-24(22(15-29-25)17-6-3-2-4-7-17)31-27(32)36-16-23(33)30-19-9-5-8-18(28)14-19/h2-15,29H,16H2,1H3,(H,30,33). The van der Waals surface area contributed by atoms with Crippen molar-refractivity contribution in [1.29, 1.82) is 0 Å². The van der Waals surface area contributed by atoms with Crippen molar-refractivity contribution < 1.29 is 9.53 Å². The van der Waals surface area contributed by atoms with Crippen LogP contribution in [0.15, 0.2) is 95.0 Å². The van der Waals surface area contributed by atoms with Crippen molar-refractivity contribution >= 4 is 46.0 Å². The Kier molecular flexibility index (Phi) is 6.79. The van der Waals surface area contributed by atoms with Gasteiger partial charge in [0.1, 0.15) is 16.8 Å². The monoisotopic (exact) mass is 516 g/mol. The maximum atomic E-state index is 13.7. The first kappa shape index (κ1) is 23.7. The molecule has 0 fully saturated rings. The van der Waals surface area contributed by atoms with Crippen molar-refractivity contribution in [2.75, 3.05) is 18.2 Å². The number of anilines is 1. The molecule has 2 N–H and O–H groups in total. The summed E-state index contributed by atoms with van der Waals surface area (Å²) in [5, 5.41) is 3.76. The molecule has 0 aliphatic carbocycles. The summed E-state index contributed by atoms with van der Waals surface area (Å²) in [6.45, 7) is 0. The van der Waals surface area contributed by atoms with Crippen LogP contribution in [0.1, 0.15) is 0 Å². The Balaban J connectivity index is 1.55. The molecule has 0 saturated carbocycles. The third kappa shape index (κ3) is 4.86. The molecule has 0 aliphatic rings. The van der Waals surface area contributed by atoms with Gasteiger partial charge in [0.25, 0.3) is 5.56 Å². The van der Waals surface area contributed by atoms with Gasteiger partial charge in [-0.1, -0.05) is 59.8 Å². The molecule has 3 aromatic carbocycles. The third-order valence-electron chi connectivity index (χ3n) is 5.52. The molecule has 2 heterocycles. The lowest BCUT2D eigenvalue weighted by Crippen LogP contribution is -2.23. The summed E-state index contributed by atoms with van der Waals surface area (Å²) in [4.78, 5) is 34.3. The lowest BCUT2D eigenvalue weighted by atomic mass is 10.1. The van der Waals surface area contributed by atoms with Gasteiger partial charge < -0.3 is 15.0 Å². The Morgan fingerprint density at radius 1 is 1.08 bits per heavy atom. The van der Waals surface area contributed by atoms with Crippen LogP contribution < -0.4 is 15.6 Å². The van der Waals surface area contributed by atoms with E-state index in [1.807, 2.05) is 30.3 Å². The lowest BCUT2D eigenvalue weighted by molar-refractivity contribution is -0.113. The highest BCUT2D eigenvalue weighted by molar-refractivity contribution is 7.99. The molecular weight excluding hydrogens is 496 g/mol. The molecule has 36 heavy (non-hydrogen) atoms. The van der Waals surface area contributed by atoms with Crippen LogP contribution in [0.5, 0.6) is 5.75 Å². The molecule has 7 nitrogen and oxygen atoms in total. The maximum Gasteiger partial charge on any atom is 0.283 e. The van der Waals surface area contributed by atoms with Gasteiger partial charge in [0, 0.05) is 22.5 Å². The second kappa shape index (κ2) is 10.3. The van der Waals surface area contributed by atoms with Crippen molar-refractivity contribution in [3.8, 4) is 22.6 Å². The number of amides is 1. The third-order valence-corrected chi connectivity index (χ3v) is 6.70. The fourth-order valence-electron chi connectivity index (χ4n) is 3.83. The molecule has 5 rings (SSSR count). The number of carbonyl (C=O) groups is 1. The molecule has 0 aliphatic heterocycles. The number of H-pyrrole nitrogens is 1. The van der Waals surface area contributed by atoms with E-state index in [-0.39, 0.29) is 17.2 Å². The fourth-order valence-corrected chi connectivity index (χ4v) is 4.82. The molecule has 0 unspecified atom stereocenters. The highest BCUT2D eigenvalue weighted by atomic mass is 35.5. The van der Waals surface area contributed by atoms with Crippen LogP contribution in [0.4, 0.5) is 5.69 Å². The van der Waals surface area contributed by atoms with Gasteiger partial charge in [-0.25, -0.2) is 4.98 Å². The highest BCUT2D eigenvalue weighted by Gasteiger charge is 2.19. The number of aromatic amines is 1. The molecule has 0 atom stereocenters. The Bertz CT molecular complexity index is 1600. The number of nitrogens with zero attached hydrogens (tertiary/aromatic N) is 2. The zero-order chi connectivity index (χ0) is 25.1. The molecule has 1 amide bonds. The number of hydrogen-bond acceptors (Lipinski definition) is 5. The predicted octanol–water partition coefficient (Wildman–Crippen LogP) is 5.77. The van der Waals surface area contributed by atoms with Crippen molar-refractivity contribution in [2.24, 2.45) is 0 Å². The number of halogens is 1. The van der Waals surface area contributed by atoms with E-state index in [1.165, 1.54) is 16.3 Å². The van der Waals surface area contributed by atoms with Crippen LogP contribution >= 0.6 is 23.4 Å². The molecule has 2 aromatic heterocycles. The van der Waals surface area contributed by atoms with E-state index in [0.717, 1.165) is 11.1 Å². The van der Waals surface area contributed by atoms with Gasteiger partial charge in [-0.05, 0) is 48.0 Å². The summed E-state index contributed by atoms with van der Waals surface area (Å²) in [7, 11) is 1.58. The van der Waals surface area contributed by atoms with Crippen LogP contribution in [0.3, 0.4) is 0 Å². The summed E-state index contributed by atoms with van der Waals surface area (Å²) in [5.41, 5.74) is 3.64. The van der Waals surface area contributed by atoms with E-state index in [1.54, 1.807) is 61.8 Å². The van der Waals surface area contributed by atoms with Gasteiger partial charge in [-0.3, -0.25) is 14.2 Å². The van der Waals surface area contributed by atoms with E-state index >= 15 is 0 Å². The van der Waals surface area contributed by atoms with E-state index in [9.17, 15) is 9.59 Å². The molecule has 0 bridgehead atoms. The Labute approximate surface area is 216 Å². The zero-order valence-corrected chi connectivity index (χ0v) is 20.8. The van der Waals surface area contributed by atoms with Gasteiger partial charge in [-0.2, -0.15) is 0 Å². The molecule has 0 spiro atoms. The minimum atomic E-state index is -0.259. The maximum absolute atomic E-state index is 13.7. The first-order valence-electron chi connectivity index (χ1n) is 11.1. The van der Waals surface area contributed by atoms with Gasteiger partial charge in [0.05, 0.1) is 18.6 Å². The number of ether oxygens (including phenoxy) is 1. The first-order chi connectivity index (χ1) is 17.5. The second-order valence-electron chi connectivity index (χ2n) is 7.87. The quantitative estimate of drug-likeness (QED) is 0.212. The molecule has 5 aromatic rings. The predicted molar refractivity (Wildman–Crippen MR) is 144 cm³/mol. The number of hydrogen-bond donors (Lipinski definition) is 2. The van der Waals surface area contributed by atoms with Gasteiger partial charge >= 0.3 is 0 Å². The van der Waals surface area contributed by atoms with Gasteiger partial charge in [0.2, 0.25) is 5.91 Å². The summed E-state index contributed by atoms with van der Waals surface area (Å²) < 4.78 is 6.76. The smallest absolute Gasteiger partial charge is 0.283 e. The lowest BCUT2D eigenvalue weighted by Gasteiger charge is -2.13. The van der Waals surface area contributed by atoms with E-state index < -0.39 is 0 Å². The first-order valence-corrected chi connectivity index (χ1v) is 12.4. The van der Waals surface area contributed by atoms with Gasteiger partial charge in [-0.15, -0.1) is 0 Å². The molecule has 0 radical (unpaired) electrons. The number of thioether (sulfide) groups is 1. The Hall–Kier alpha value is -4.01. The number of aromatic nitrogens is 3. The minimum Gasteiger partial charge on any atom is -0.497 e. The number of fused-ring (bicyclic) bond motifs is 1. The number of methoxy groups -OCH3 is 1. The molecule has 0 saturated heterocycles. The van der Waals surface area contributed by atoms with Crippen LogP contribution in [-0.4, -0.2) is 33.3 Å². The number of nitrogens with one attached hydrogen (secondary N) is 2. The summed E-state index contributed by atoms with van der Waals surface area (Å²) in [5.74, 6) is 0.475. The zero-order valence-electron chi connectivity index (χ0n) is 19.2. The summed E-state index contributed by atoms with van der Waals surface area (Å²) in [6.07, 6.45) is 1.78. The topological polar surface area (TPSA) is 89.0 Å². The number of rotatable bonds is 7. The summed E-state index contributed by atoms with van der Waals surface area (Å²) >= 11 is 7.20. The van der Waals surface area contributed by atoms with Crippen molar-refractivity contribution in [3.63, 3.8) is 0 Å². The second-order valence-corrected chi connectivity index (χ2v) is 9.25. The molecular formula is C27H21ClN4O3S. The van der Waals surface area contributed by atoms with Crippen molar-refractivity contribution in [3.05, 3.63) is 100 Å². The van der Waals surface area contributed by atoms with Crippen molar-refractivity contribution in [1.82, 2.24) is 14.5 Å². The van der Waals surface area contributed by atoms with Crippen LogP contribution in [0.2, 0.25) is 5.02 Å². The minimum absolute atomic E-state index is 0.0473. The molecule has 180 valence electrons. The van der Waals surface area contributed by atoms with Crippen LogP contribution in [0, 0.1) is 0 Å². The van der Waals surface area contributed by atoms with E-state index in [2.05, 4.69) is 10.3 Å².